The summed E-state index contributed by atoms with van der Waals surface area (Å²) < 4.78 is 5.44. The van der Waals surface area contributed by atoms with Crippen molar-refractivity contribution < 1.29 is 9.53 Å². The fourth-order valence-corrected chi connectivity index (χ4v) is 2.78. The predicted molar refractivity (Wildman–Crippen MR) is 94.1 cm³/mol. The van der Waals surface area contributed by atoms with Gasteiger partial charge in [0.2, 0.25) is 0 Å². The lowest BCUT2D eigenvalue weighted by molar-refractivity contribution is 0.141. The molecule has 1 aromatic rings. The fourth-order valence-electron chi connectivity index (χ4n) is 2.78. The van der Waals surface area contributed by atoms with E-state index < -0.39 is 0 Å². The van der Waals surface area contributed by atoms with Crippen molar-refractivity contribution in [3.05, 3.63) is 29.3 Å². The summed E-state index contributed by atoms with van der Waals surface area (Å²) >= 11 is 0. The smallest absolute Gasteiger partial charge is 0.319 e. The summed E-state index contributed by atoms with van der Waals surface area (Å²) in [5.74, 6) is 0. The average Bonchev–Trinajstić information content (AvgIpc) is 2.83. The standard InChI is InChI=1S/C18H29N3O2/c1-3-15-6-7-16(4-2)17(14-15)20-18(22)19-8-10-21-9-5-12-23-13-11-21/h6-7,14H,3-5,8-13H2,1-2H3,(H2,19,20,22). The Labute approximate surface area is 139 Å². The number of rotatable bonds is 6. The van der Waals surface area contributed by atoms with Gasteiger partial charge in [-0.1, -0.05) is 26.0 Å². The molecular weight excluding hydrogens is 290 g/mol. The van der Waals surface area contributed by atoms with E-state index in [0.717, 1.165) is 57.8 Å². The average molecular weight is 319 g/mol. The zero-order chi connectivity index (χ0) is 16.5. The van der Waals surface area contributed by atoms with E-state index in [-0.39, 0.29) is 6.03 Å². The number of nitrogens with zero attached hydrogens (tertiary/aromatic N) is 1. The van der Waals surface area contributed by atoms with Gasteiger partial charge < -0.3 is 15.4 Å². The Balaban J connectivity index is 1.80. The van der Waals surface area contributed by atoms with Crippen LogP contribution in [0, 0.1) is 0 Å². The summed E-state index contributed by atoms with van der Waals surface area (Å²) in [6.07, 6.45) is 2.95. The number of hydrogen-bond acceptors (Lipinski definition) is 3. The number of ether oxygens (including phenoxy) is 1. The molecule has 1 heterocycles. The third kappa shape index (κ3) is 5.84. The third-order valence-electron chi connectivity index (χ3n) is 4.24. The molecule has 1 saturated heterocycles. The molecule has 0 saturated carbocycles. The molecule has 2 N–H and O–H groups in total. The quantitative estimate of drug-likeness (QED) is 0.847. The first-order chi connectivity index (χ1) is 11.2. The molecule has 0 spiro atoms. The van der Waals surface area contributed by atoms with Crippen LogP contribution < -0.4 is 10.6 Å². The van der Waals surface area contributed by atoms with Gasteiger partial charge in [0.1, 0.15) is 0 Å². The molecule has 5 nitrogen and oxygen atoms in total. The lowest BCUT2D eigenvalue weighted by Crippen LogP contribution is -2.38. The Kier molecular flexibility index (Phi) is 7.36. The maximum Gasteiger partial charge on any atom is 0.319 e. The maximum absolute atomic E-state index is 12.1. The largest absolute Gasteiger partial charge is 0.380 e. The highest BCUT2D eigenvalue weighted by Gasteiger charge is 2.10. The number of carbonyl (C=O) groups excluding carboxylic acids is 1. The van der Waals surface area contributed by atoms with Crippen LogP contribution in [0.15, 0.2) is 18.2 Å². The predicted octanol–water partition coefficient (Wildman–Crippen LogP) is 2.66. The number of nitrogens with one attached hydrogen (secondary N) is 2. The van der Waals surface area contributed by atoms with E-state index in [9.17, 15) is 4.79 Å². The van der Waals surface area contributed by atoms with Gasteiger partial charge in [-0.15, -0.1) is 0 Å². The van der Waals surface area contributed by atoms with Gasteiger partial charge in [-0.2, -0.15) is 0 Å². The van der Waals surface area contributed by atoms with Crippen molar-refractivity contribution in [3.8, 4) is 0 Å². The molecule has 128 valence electrons. The molecule has 0 unspecified atom stereocenters. The Hall–Kier alpha value is -1.59. The molecule has 0 aromatic heterocycles. The summed E-state index contributed by atoms with van der Waals surface area (Å²) in [4.78, 5) is 14.5. The number of urea groups is 1. The minimum absolute atomic E-state index is 0.126. The van der Waals surface area contributed by atoms with Gasteiger partial charge in [0, 0.05) is 38.5 Å². The van der Waals surface area contributed by atoms with Crippen molar-refractivity contribution in [2.45, 2.75) is 33.1 Å². The van der Waals surface area contributed by atoms with Crippen LogP contribution in [-0.2, 0) is 17.6 Å². The van der Waals surface area contributed by atoms with E-state index in [4.69, 9.17) is 4.74 Å². The normalized spacial score (nSPS) is 15.9. The summed E-state index contributed by atoms with van der Waals surface area (Å²) in [5.41, 5.74) is 3.33. The van der Waals surface area contributed by atoms with Gasteiger partial charge in [0.25, 0.3) is 0 Å². The first-order valence-electron chi connectivity index (χ1n) is 8.69. The molecule has 1 aliphatic heterocycles. The monoisotopic (exact) mass is 319 g/mol. The van der Waals surface area contributed by atoms with Crippen LogP contribution in [-0.4, -0.2) is 50.3 Å². The Morgan fingerprint density at radius 3 is 2.87 bits per heavy atom. The summed E-state index contributed by atoms with van der Waals surface area (Å²) in [7, 11) is 0. The second-order valence-electron chi connectivity index (χ2n) is 5.89. The van der Waals surface area contributed by atoms with Crippen LogP contribution in [0.5, 0.6) is 0 Å². The van der Waals surface area contributed by atoms with E-state index in [1.165, 1.54) is 11.1 Å². The van der Waals surface area contributed by atoms with Gasteiger partial charge in [-0.05, 0) is 36.5 Å². The van der Waals surface area contributed by atoms with Crippen molar-refractivity contribution in [1.82, 2.24) is 10.2 Å². The molecule has 1 fully saturated rings. The molecule has 0 aliphatic carbocycles. The molecule has 1 aliphatic rings. The SMILES string of the molecule is CCc1ccc(CC)c(NC(=O)NCCN2CCCOCC2)c1. The molecule has 23 heavy (non-hydrogen) atoms. The number of anilines is 1. The Morgan fingerprint density at radius 1 is 1.22 bits per heavy atom. The van der Waals surface area contributed by atoms with Crippen LogP contribution in [0.25, 0.3) is 0 Å². The van der Waals surface area contributed by atoms with Crippen LogP contribution >= 0.6 is 0 Å². The topological polar surface area (TPSA) is 53.6 Å². The van der Waals surface area contributed by atoms with E-state index in [1.807, 2.05) is 0 Å². The van der Waals surface area contributed by atoms with Crippen molar-refractivity contribution in [2.75, 3.05) is 44.7 Å². The minimum Gasteiger partial charge on any atom is -0.380 e. The molecular formula is C18H29N3O2. The van der Waals surface area contributed by atoms with E-state index in [2.05, 4.69) is 47.6 Å². The first-order valence-corrected chi connectivity index (χ1v) is 8.69. The molecule has 1 aromatic carbocycles. The van der Waals surface area contributed by atoms with Crippen molar-refractivity contribution in [2.24, 2.45) is 0 Å². The number of amides is 2. The molecule has 0 atom stereocenters. The van der Waals surface area contributed by atoms with Crippen LogP contribution in [0.4, 0.5) is 10.5 Å². The first kappa shape index (κ1) is 17.8. The fraction of sp³-hybridized carbons (Fsp3) is 0.611. The van der Waals surface area contributed by atoms with Gasteiger partial charge in [0.05, 0.1) is 6.61 Å². The van der Waals surface area contributed by atoms with E-state index in [1.54, 1.807) is 0 Å². The summed E-state index contributed by atoms with van der Waals surface area (Å²) in [6, 6.07) is 6.18. The van der Waals surface area contributed by atoms with Crippen LogP contribution in [0.1, 0.15) is 31.4 Å². The molecule has 2 rings (SSSR count). The number of hydrogen-bond donors (Lipinski definition) is 2. The van der Waals surface area contributed by atoms with Gasteiger partial charge in [-0.25, -0.2) is 4.79 Å². The lowest BCUT2D eigenvalue weighted by Gasteiger charge is -2.19. The molecule has 0 radical (unpaired) electrons. The van der Waals surface area contributed by atoms with E-state index in [0.29, 0.717) is 6.54 Å². The van der Waals surface area contributed by atoms with E-state index >= 15 is 0 Å². The molecule has 2 amide bonds. The van der Waals surface area contributed by atoms with Gasteiger partial charge in [-0.3, -0.25) is 4.90 Å². The van der Waals surface area contributed by atoms with Crippen molar-refractivity contribution in [1.29, 1.82) is 0 Å². The van der Waals surface area contributed by atoms with Crippen molar-refractivity contribution in [3.63, 3.8) is 0 Å². The summed E-state index contributed by atoms with van der Waals surface area (Å²) in [5, 5.41) is 5.95. The molecule has 0 bridgehead atoms. The number of aryl methyl sites for hydroxylation is 2. The Bertz CT molecular complexity index is 497. The second kappa shape index (κ2) is 9.53. The Morgan fingerprint density at radius 2 is 2.09 bits per heavy atom. The second-order valence-corrected chi connectivity index (χ2v) is 5.89. The third-order valence-corrected chi connectivity index (χ3v) is 4.24. The maximum atomic E-state index is 12.1. The van der Waals surface area contributed by atoms with Crippen LogP contribution in [0.2, 0.25) is 0 Å². The van der Waals surface area contributed by atoms with Crippen molar-refractivity contribution >= 4 is 11.7 Å². The highest BCUT2D eigenvalue weighted by molar-refractivity contribution is 5.90. The summed E-state index contributed by atoms with van der Waals surface area (Å²) in [6.45, 7) is 9.37. The minimum atomic E-state index is -0.126. The zero-order valence-corrected chi connectivity index (χ0v) is 14.4. The lowest BCUT2D eigenvalue weighted by atomic mass is 10.1. The number of benzene rings is 1. The highest BCUT2D eigenvalue weighted by Crippen LogP contribution is 2.18. The van der Waals surface area contributed by atoms with Gasteiger partial charge in [0.15, 0.2) is 0 Å². The highest BCUT2D eigenvalue weighted by atomic mass is 16.5. The van der Waals surface area contributed by atoms with Crippen LogP contribution in [0.3, 0.4) is 0 Å². The van der Waals surface area contributed by atoms with Gasteiger partial charge >= 0.3 is 6.03 Å². The molecule has 5 heteroatoms. The zero-order valence-electron chi connectivity index (χ0n) is 14.4. The number of carbonyl (C=O) groups is 1.